The molecule has 94 valence electrons. The van der Waals surface area contributed by atoms with Gasteiger partial charge < -0.3 is 5.73 Å². The molecule has 1 atom stereocenters. The third-order valence-electron chi connectivity index (χ3n) is 4.20. The van der Waals surface area contributed by atoms with Crippen molar-refractivity contribution in [2.75, 3.05) is 0 Å². The minimum atomic E-state index is 0.304. The molecule has 0 spiro atoms. The first-order chi connectivity index (χ1) is 8.84. The average Bonchev–Trinajstić information content (AvgIpc) is 2.93. The van der Waals surface area contributed by atoms with Gasteiger partial charge in [0.1, 0.15) is 0 Å². The average molecular weight is 240 g/mol. The van der Waals surface area contributed by atoms with Crippen molar-refractivity contribution >= 4 is 10.9 Å². The highest BCUT2D eigenvalue weighted by molar-refractivity contribution is 5.81. The van der Waals surface area contributed by atoms with Crippen LogP contribution in [0.25, 0.3) is 10.9 Å². The Morgan fingerprint density at radius 1 is 1.17 bits per heavy atom. The fourth-order valence-corrected chi connectivity index (χ4v) is 3.14. The Kier molecular flexibility index (Phi) is 3.28. The first-order valence-corrected chi connectivity index (χ1v) is 6.93. The van der Waals surface area contributed by atoms with Crippen LogP contribution >= 0.6 is 0 Å². The Balaban J connectivity index is 1.85. The number of nitrogens with two attached hydrogens (primary N) is 1. The Morgan fingerprint density at radius 2 is 1.94 bits per heavy atom. The number of hydrogen-bond acceptors (Lipinski definition) is 2. The molecule has 1 saturated carbocycles. The van der Waals surface area contributed by atoms with E-state index >= 15 is 0 Å². The Morgan fingerprint density at radius 3 is 2.78 bits per heavy atom. The van der Waals surface area contributed by atoms with Gasteiger partial charge in [0.05, 0.1) is 5.52 Å². The molecule has 1 unspecified atom stereocenters. The topological polar surface area (TPSA) is 38.9 Å². The Labute approximate surface area is 108 Å². The number of nitrogens with zero attached hydrogens (tertiary/aromatic N) is 1. The van der Waals surface area contributed by atoms with Crippen molar-refractivity contribution in [1.29, 1.82) is 0 Å². The van der Waals surface area contributed by atoms with Gasteiger partial charge in [0.15, 0.2) is 0 Å². The predicted octanol–water partition coefficient (Wildman–Crippen LogP) is 3.29. The van der Waals surface area contributed by atoms with E-state index in [4.69, 9.17) is 5.73 Å². The van der Waals surface area contributed by atoms with Gasteiger partial charge in [-0.15, -0.1) is 0 Å². The molecule has 3 rings (SSSR count). The van der Waals surface area contributed by atoms with Gasteiger partial charge in [-0.3, -0.25) is 4.98 Å². The second-order valence-corrected chi connectivity index (χ2v) is 5.40. The van der Waals surface area contributed by atoms with Crippen molar-refractivity contribution < 1.29 is 0 Å². The standard InChI is InChI=1S/C16H20N2/c17-15(12-5-1-2-6-12)11-13-9-10-18-16-8-4-3-7-14(13)16/h3-4,7-10,12,15H,1-2,5-6,11,17H2. The zero-order chi connectivity index (χ0) is 12.4. The van der Waals surface area contributed by atoms with Crippen molar-refractivity contribution in [2.24, 2.45) is 11.7 Å². The van der Waals surface area contributed by atoms with Gasteiger partial charge in [-0.1, -0.05) is 31.0 Å². The van der Waals surface area contributed by atoms with Crippen molar-refractivity contribution in [3.63, 3.8) is 0 Å². The third kappa shape index (κ3) is 2.25. The summed E-state index contributed by atoms with van der Waals surface area (Å²) in [6.07, 6.45) is 8.21. The molecule has 0 radical (unpaired) electrons. The van der Waals surface area contributed by atoms with Gasteiger partial charge in [0, 0.05) is 17.6 Å². The molecule has 2 N–H and O–H groups in total. The van der Waals surface area contributed by atoms with Crippen LogP contribution in [-0.2, 0) is 6.42 Å². The molecule has 1 aromatic heterocycles. The molecular weight excluding hydrogens is 220 g/mol. The molecule has 2 heteroatoms. The van der Waals surface area contributed by atoms with E-state index in [1.807, 2.05) is 12.3 Å². The lowest BCUT2D eigenvalue weighted by Crippen LogP contribution is -2.30. The van der Waals surface area contributed by atoms with Crippen LogP contribution < -0.4 is 5.73 Å². The second kappa shape index (κ2) is 5.07. The van der Waals surface area contributed by atoms with Gasteiger partial charge in [0.25, 0.3) is 0 Å². The zero-order valence-electron chi connectivity index (χ0n) is 10.7. The molecule has 1 aliphatic carbocycles. The molecule has 2 nitrogen and oxygen atoms in total. The highest BCUT2D eigenvalue weighted by Gasteiger charge is 2.22. The lowest BCUT2D eigenvalue weighted by Gasteiger charge is -2.19. The van der Waals surface area contributed by atoms with E-state index in [1.165, 1.54) is 36.6 Å². The molecule has 2 aromatic rings. The highest BCUT2D eigenvalue weighted by atomic mass is 14.7. The van der Waals surface area contributed by atoms with Crippen LogP contribution in [0.3, 0.4) is 0 Å². The maximum Gasteiger partial charge on any atom is 0.0704 e. The van der Waals surface area contributed by atoms with Crippen LogP contribution in [0.5, 0.6) is 0 Å². The summed E-state index contributed by atoms with van der Waals surface area (Å²) in [4.78, 5) is 4.41. The van der Waals surface area contributed by atoms with Crippen LogP contribution in [0, 0.1) is 5.92 Å². The fourth-order valence-electron chi connectivity index (χ4n) is 3.14. The summed E-state index contributed by atoms with van der Waals surface area (Å²) in [5.41, 5.74) is 8.81. The fraction of sp³-hybridized carbons (Fsp3) is 0.438. The maximum absolute atomic E-state index is 6.38. The summed E-state index contributed by atoms with van der Waals surface area (Å²) < 4.78 is 0. The van der Waals surface area contributed by atoms with Gasteiger partial charge in [-0.05, 0) is 42.9 Å². The van der Waals surface area contributed by atoms with E-state index in [1.54, 1.807) is 0 Å². The summed E-state index contributed by atoms with van der Waals surface area (Å²) in [5, 5.41) is 1.26. The van der Waals surface area contributed by atoms with Crippen LogP contribution in [0.2, 0.25) is 0 Å². The first-order valence-electron chi connectivity index (χ1n) is 6.93. The van der Waals surface area contributed by atoms with Crippen molar-refractivity contribution in [2.45, 2.75) is 38.1 Å². The van der Waals surface area contributed by atoms with Crippen LogP contribution in [0.4, 0.5) is 0 Å². The number of hydrogen-bond donors (Lipinski definition) is 1. The first kappa shape index (κ1) is 11.7. The lowest BCUT2D eigenvalue weighted by molar-refractivity contribution is 0.430. The minimum Gasteiger partial charge on any atom is -0.327 e. The van der Waals surface area contributed by atoms with Gasteiger partial charge in [-0.2, -0.15) is 0 Å². The van der Waals surface area contributed by atoms with Crippen LogP contribution in [0.15, 0.2) is 36.5 Å². The van der Waals surface area contributed by atoms with E-state index < -0.39 is 0 Å². The van der Waals surface area contributed by atoms with E-state index in [9.17, 15) is 0 Å². The Bertz CT molecular complexity index is 524. The number of rotatable bonds is 3. The maximum atomic E-state index is 6.38. The van der Waals surface area contributed by atoms with Gasteiger partial charge in [-0.25, -0.2) is 0 Å². The molecule has 1 aliphatic rings. The molecule has 1 heterocycles. The minimum absolute atomic E-state index is 0.304. The van der Waals surface area contributed by atoms with E-state index in [0.29, 0.717) is 6.04 Å². The second-order valence-electron chi connectivity index (χ2n) is 5.40. The number of fused-ring (bicyclic) bond motifs is 1. The monoisotopic (exact) mass is 240 g/mol. The third-order valence-corrected chi connectivity index (χ3v) is 4.20. The molecular formula is C16H20N2. The zero-order valence-corrected chi connectivity index (χ0v) is 10.7. The van der Waals surface area contributed by atoms with Crippen molar-refractivity contribution in [3.8, 4) is 0 Å². The van der Waals surface area contributed by atoms with E-state index in [-0.39, 0.29) is 0 Å². The number of pyridine rings is 1. The Hall–Kier alpha value is -1.41. The summed E-state index contributed by atoms with van der Waals surface area (Å²) in [6, 6.07) is 10.8. The molecule has 0 aliphatic heterocycles. The SMILES string of the molecule is NC(Cc1ccnc2ccccc12)C1CCCC1. The summed E-state index contributed by atoms with van der Waals surface area (Å²) in [5.74, 6) is 0.719. The molecule has 18 heavy (non-hydrogen) atoms. The summed E-state index contributed by atoms with van der Waals surface area (Å²) >= 11 is 0. The van der Waals surface area contributed by atoms with Crippen molar-refractivity contribution in [1.82, 2.24) is 4.98 Å². The van der Waals surface area contributed by atoms with Crippen LogP contribution in [0.1, 0.15) is 31.2 Å². The smallest absolute Gasteiger partial charge is 0.0704 e. The molecule has 1 fully saturated rings. The highest BCUT2D eigenvalue weighted by Crippen LogP contribution is 2.29. The van der Waals surface area contributed by atoms with Gasteiger partial charge >= 0.3 is 0 Å². The van der Waals surface area contributed by atoms with Crippen molar-refractivity contribution in [3.05, 3.63) is 42.1 Å². The normalized spacial score (nSPS) is 18.3. The number of aromatic nitrogens is 1. The van der Waals surface area contributed by atoms with E-state index in [2.05, 4.69) is 29.2 Å². The largest absolute Gasteiger partial charge is 0.327 e. The molecule has 0 bridgehead atoms. The molecule has 0 amide bonds. The van der Waals surface area contributed by atoms with Gasteiger partial charge in [0.2, 0.25) is 0 Å². The van der Waals surface area contributed by atoms with Crippen LogP contribution in [-0.4, -0.2) is 11.0 Å². The summed E-state index contributed by atoms with van der Waals surface area (Å²) in [6.45, 7) is 0. The summed E-state index contributed by atoms with van der Waals surface area (Å²) in [7, 11) is 0. The number of benzene rings is 1. The molecule has 0 saturated heterocycles. The lowest BCUT2D eigenvalue weighted by atomic mass is 9.92. The number of para-hydroxylation sites is 1. The predicted molar refractivity (Wildman–Crippen MR) is 75.4 cm³/mol. The van der Waals surface area contributed by atoms with E-state index in [0.717, 1.165) is 17.9 Å². The molecule has 1 aromatic carbocycles. The quantitative estimate of drug-likeness (QED) is 0.894.